The quantitative estimate of drug-likeness (QED) is 0.896. The number of benzene rings is 1. The maximum absolute atomic E-state index is 10.4. The van der Waals surface area contributed by atoms with Crippen LogP contribution in [0.2, 0.25) is 0 Å². The van der Waals surface area contributed by atoms with Gasteiger partial charge in [-0.25, -0.2) is 0 Å². The van der Waals surface area contributed by atoms with Crippen LogP contribution in [0.15, 0.2) is 35.7 Å². The number of aromatic hydroxyl groups is 1. The van der Waals surface area contributed by atoms with Crippen molar-refractivity contribution in [3.8, 4) is 11.5 Å². The Morgan fingerprint density at radius 2 is 2.14 bits per heavy atom. The van der Waals surface area contributed by atoms with E-state index in [9.17, 15) is 5.11 Å². The van der Waals surface area contributed by atoms with Crippen molar-refractivity contribution in [3.05, 3.63) is 46.2 Å². The standard InChI is InChI=1S/C18H23NO2S/c1-21-16-9-5-7-14(18(16)20)13-19-11-4-2-3-8-15(19)17-10-6-12-22-17/h5-7,9-10,12,15,20H,2-4,8,11,13H2,1H3/t15-/m1/s1. The summed E-state index contributed by atoms with van der Waals surface area (Å²) in [6, 6.07) is 10.6. The van der Waals surface area contributed by atoms with E-state index >= 15 is 0 Å². The van der Waals surface area contributed by atoms with Gasteiger partial charge in [0.15, 0.2) is 11.5 Å². The Morgan fingerprint density at radius 1 is 1.23 bits per heavy atom. The van der Waals surface area contributed by atoms with Gasteiger partial charge in [-0.3, -0.25) is 4.90 Å². The van der Waals surface area contributed by atoms with Gasteiger partial charge >= 0.3 is 0 Å². The van der Waals surface area contributed by atoms with Gasteiger partial charge in [0, 0.05) is 23.0 Å². The predicted molar refractivity (Wildman–Crippen MR) is 90.6 cm³/mol. The number of ether oxygens (including phenoxy) is 1. The van der Waals surface area contributed by atoms with Gasteiger partial charge in [0.05, 0.1) is 7.11 Å². The van der Waals surface area contributed by atoms with Crippen LogP contribution in [0.4, 0.5) is 0 Å². The van der Waals surface area contributed by atoms with Crippen LogP contribution in [0.25, 0.3) is 0 Å². The third-order valence-electron chi connectivity index (χ3n) is 4.41. The first kappa shape index (κ1) is 15.4. The number of hydrogen-bond donors (Lipinski definition) is 1. The van der Waals surface area contributed by atoms with E-state index < -0.39 is 0 Å². The van der Waals surface area contributed by atoms with E-state index in [1.54, 1.807) is 13.2 Å². The summed E-state index contributed by atoms with van der Waals surface area (Å²) in [6.07, 6.45) is 5.00. The summed E-state index contributed by atoms with van der Waals surface area (Å²) in [7, 11) is 1.60. The van der Waals surface area contributed by atoms with Crippen molar-refractivity contribution in [1.29, 1.82) is 0 Å². The zero-order chi connectivity index (χ0) is 15.4. The van der Waals surface area contributed by atoms with Crippen LogP contribution in [0.1, 0.15) is 42.2 Å². The lowest BCUT2D eigenvalue weighted by Gasteiger charge is -2.29. The molecule has 0 aliphatic carbocycles. The fourth-order valence-electron chi connectivity index (χ4n) is 3.24. The van der Waals surface area contributed by atoms with Gasteiger partial charge in [-0.05, 0) is 36.9 Å². The summed E-state index contributed by atoms with van der Waals surface area (Å²) in [5.41, 5.74) is 0.947. The summed E-state index contributed by atoms with van der Waals surface area (Å²) in [5, 5.41) is 12.5. The molecule has 118 valence electrons. The summed E-state index contributed by atoms with van der Waals surface area (Å²) in [4.78, 5) is 3.94. The van der Waals surface area contributed by atoms with Gasteiger partial charge in [-0.1, -0.05) is 31.0 Å². The molecule has 0 saturated carbocycles. The second-order valence-electron chi connectivity index (χ2n) is 5.82. The van der Waals surface area contributed by atoms with Crippen molar-refractivity contribution in [2.24, 2.45) is 0 Å². The normalized spacial score (nSPS) is 19.8. The molecular formula is C18H23NO2S. The van der Waals surface area contributed by atoms with Crippen molar-refractivity contribution < 1.29 is 9.84 Å². The van der Waals surface area contributed by atoms with E-state index in [1.165, 1.54) is 30.6 Å². The molecule has 0 unspecified atom stereocenters. The van der Waals surface area contributed by atoms with Crippen molar-refractivity contribution >= 4 is 11.3 Å². The van der Waals surface area contributed by atoms with Gasteiger partial charge < -0.3 is 9.84 Å². The van der Waals surface area contributed by atoms with Gasteiger partial charge in [0.1, 0.15) is 0 Å². The molecule has 1 aromatic carbocycles. The molecule has 2 aromatic rings. The van der Waals surface area contributed by atoms with Crippen molar-refractivity contribution in [3.63, 3.8) is 0 Å². The lowest BCUT2D eigenvalue weighted by molar-refractivity contribution is 0.192. The summed E-state index contributed by atoms with van der Waals surface area (Å²) in [6.45, 7) is 1.85. The number of methoxy groups -OCH3 is 1. The molecule has 0 bridgehead atoms. The molecule has 4 heteroatoms. The highest BCUT2D eigenvalue weighted by atomic mass is 32.1. The number of phenols is 1. The van der Waals surface area contributed by atoms with E-state index in [0.29, 0.717) is 11.8 Å². The fourth-order valence-corrected chi connectivity index (χ4v) is 4.13. The van der Waals surface area contributed by atoms with E-state index in [1.807, 2.05) is 23.5 Å². The monoisotopic (exact) mass is 317 g/mol. The summed E-state index contributed by atoms with van der Waals surface area (Å²) < 4.78 is 5.23. The molecule has 1 N–H and O–H groups in total. The van der Waals surface area contributed by atoms with Gasteiger partial charge in [-0.15, -0.1) is 11.3 Å². The minimum atomic E-state index is 0.277. The zero-order valence-electron chi connectivity index (χ0n) is 13.0. The highest BCUT2D eigenvalue weighted by molar-refractivity contribution is 7.10. The molecule has 2 heterocycles. The second-order valence-corrected chi connectivity index (χ2v) is 6.80. The average Bonchev–Trinajstić information content (AvgIpc) is 2.96. The summed E-state index contributed by atoms with van der Waals surface area (Å²) >= 11 is 1.84. The molecule has 22 heavy (non-hydrogen) atoms. The van der Waals surface area contributed by atoms with Gasteiger partial charge in [-0.2, -0.15) is 0 Å². The Morgan fingerprint density at radius 3 is 2.91 bits per heavy atom. The molecule has 3 rings (SSSR count). The SMILES string of the molecule is COc1cccc(CN2CCCCC[C@@H]2c2cccs2)c1O. The first-order valence-corrected chi connectivity index (χ1v) is 8.80. The van der Waals surface area contributed by atoms with Crippen LogP contribution in [0.3, 0.4) is 0 Å². The molecule has 0 amide bonds. The van der Waals surface area contributed by atoms with Crippen LogP contribution >= 0.6 is 11.3 Å². The molecule has 0 radical (unpaired) electrons. The highest BCUT2D eigenvalue weighted by Crippen LogP contribution is 2.36. The first-order chi connectivity index (χ1) is 10.8. The highest BCUT2D eigenvalue weighted by Gasteiger charge is 2.24. The second kappa shape index (κ2) is 7.16. The van der Waals surface area contributed by atoms with E-state index in [2.05, 4.69) is 22.4 Å². The largest absolute Gasteiger partial charge is 0.504 e. The fraction of sp³-hybridized carbons (Fsp3) is 0.444. The number of thiophene rings is 1. The van der Waals surface area contributed by atoms with E-state index in [0.717, 1.165) is 18.7 Å². The smallest absolute Gasteiger partial charge is 0.162 e. The van der Waals surface area contributed by atoms with Crippen molar-refractivity contribution in [2.75, 3.05) is 13.7 Å². The topological polar surface area (TPSA) is 32.7 Å². The predicted octanol–water partition coefficient (Wildman–Crippen LogP) is 4.58. The Kier molecular flexibility index (Phi) is 5.01. The number of phenolic OH excluding ortho intramolecular Hbond substituents is 1. The first-order valence-electron chi connectivity index (χ1n) is 7.92. The van der Waals surface area contributed by atoms with Crippen molar-refractivity contribution in [2.45, 2.75) is 38.3 Å². The van der Waals surface area contributed by atoms with Crippen LogP contribution < -0.4 is 4.74 Å². The minimum Gasteiger partial charge on any atom is -0.504 e. The molecule has 1 atom stereocenters. The Hall–Kier alpha value is -1.52. The van der Waals surface area contributed by atoms with Crippen LogP contribution in [0.5, 0.6) is 11.5 Å². The van der Waals surface area contributed by atoms with Gasteiger partial charge in [0.2, 0.25) is 0 Å². The maximum Gasteiger partial charge on any atom is 0.162 e. The number of hydrogen-bond acceptors (Lipinski definition) is 4. The lowest BCUT2D eigenvalue weighted by atomic mass is 10.1. The van der Waals surface area contributed by atoms with Crippen LogP contribution in [0, 0.1) is 0 Å². The summed E-state index contributed by atoms with van der Waals surface area (Å²) in [5.74, 6) is 0.833. The molecule has 1 aliphatic rings. The maximum atomic E-state index is 10.4. The third-order valence-corrected chi connectivity index (χ3v) is 5.38. The molecule has 3 nitrogen and oxygen atoms in total. The number of likely N-dealkylation sites (tertiary alicyclic amines) is 1. The van der Waals surface area contributed by atoms with Crippen molar-refractivity contribution in [1.82, 2.24) is 4.90 Å². The van der Waals surface area contributed by atoms with Crippen LogP contribution in [-0.4, -0.2) is 23.7 Å². The molecule has 1 fully saturated rings. The lowest BCUT2D eigenvalue weighted by Crippen LogP contribution is -2.27. The zero-order valence-corrected chi connectivity index (χ0v) is 13.8. The average molecular weight is 317 g/mol. The minimum absolute atomic E-state index is 0.277. The van der Waals surface area contributed by atoms with Crippen LogP contribution in [-0.2, 0) is 6.54 Å². The number of rotatable bonds is 4. The molecule has 1 saturated heterocycles. The molecule has 0 spiro atoms. The number of para-hydroxylation sites is 1. The molecule has 1 aromatic heterocycles. The molecular weight excluding hydrogens is 294 g/mol. The third kappa shape index (κ3) is 3.28. The Balaban J connectivity index is 1.84. The number of nitrogens with zero attached hydrogens (tertiary/aromatic N) is 1. The van der Waals surface area contributed by atoms with E-state index in [-0.39, 0.29) is 5.75 Å². The van der Waals surface area contributed by atoms with E-state index in [4.69, 9.17) is 4.74 Å². The Bertz CT molecular complexity index is 597. The van der Waals surface area contributed by atoms with Gasteiger partial charge in [0.25, 0.3) is 0 Å². The molecule has 1 aliphatic heterocycles. The Labute approximate surface area is 136 Å².